The van der Waals surface area contributed by atoms with Crippen LogP contribution in [0.3, 0.4) is 0 Å². The largest absolute Gasteiger partial charge is 0.484 e. The van der Waals surface area contributed by atoms with Crippen LogP contribution in [0.5, 0.6) is 5.75 Å². The third kappa shape index (κ3) is 5.17. The Morgan fingerprint density at radius 2 is 1.50 bits per heavy atom. The molecule has 154 valence electrons. The lowest BCUT2D eigenvalue weighted by Gasteiger charge is -2.34. The Bertz CT molecular complexity index is 930. The van der Waals surface area contributed by atoms with Crippen LogP contribution in [0, 0.1) is 12.8 Å². The summed E-state index contributed by atoms with van der Waals surface area (Å²) < 4.78 is 6.39. The summed E-state index contributed by atoms with van der Waals surface area (Å²) in [5.74, 6) is 1.30. The van der Waals surface area contributed by atoms with E-state index in [1.54, 1.807) is 0 Å². The van der Waals surface area contributed by atoms with Crippen LogP contribution < -0.4 is 4.74 Å². The highest BCUT2D eigenvalue weighted by atomic mass is 16.5. The summed E-state index contributed by atoms with van der Waals surface area (Å²) in [6.45, 7) is 4.75. The predicted molar refractivity (Wildman–Crippen MR) is 121 cm³/mol. The summed E-state index contributed by atoms with van der Waals surface area (Å²) in [5.41, 5.74) is 3.24. The minimum Gasteiger partial charge on any atom is -0.484 e. The molecule has 0 N–H and O–H groups in total. The summed E-state index contributed by atoms with van der Waals surface area (Å²) >= 11 is 0. The third-order valence-corrected chi connectivity index (χ3v) is 5.91. The van der Waals surface area contributed by atoms with Crippen LogP contribution in [-0.2, 0) is 0 Å². The maximum Gasteiger partial charge on any atom is 0.166 e. The summed E-state index contributed by atoms with van der Waals surface area (Å²) in [4.78, 5) is 15.2. The van der Waals surface area contributed by atoms with Crippen molar-refractivity contribution in [3.05, 3.63) is 102 Å². The van der Waals surface area contributed by atoms with Crippen LogP contribution in [-0.4, -0.2) is 30.3 Å². The molecule has 3 nitrogen and oxygen atoms in total. The van der Waals surface area contributed by atoms with E-state index in [1.807, 2.05) is 48.5 Å². The maximum absolute atomic E-state index is 12.8. The van der Waals surface area contributed by atoms with Gasteiger partial charge in [-0.2, -0.15) is 0 Å². The summed E-state index contributed by atoms with van der Waals surface area (Å²) in [5, 5.41) is 0. The molecule has 0 saturated carbocycles. The van der Waals surface area contributed by atoms with E-state index in [1.165, 1.54) is 11.1 Å². The van der Waals surface area contributed by atoms with Crippen molar-refractivity contribution in [1.82, 2.24) is 4.90 Å². The lowest BCUT2D eigenvalue weighted by molar-refractivity contribution is 0.0769. The quantitative estimate of drug-likeness (QED) is 0.477. The number of rotatable bonds is 7. The van der Waals surface area contributed by atoms with Crippen LogP contribution in [0.4, 0.5) is 0 Å². The fourth-order valence-electron chi connectivity index (χ4n) is 4.11. The zero-order valence-electron chi connectivity index (χ0n) is 17.5. The number of nitrogens with zero attached hydrogens (tertiary/aromatic N) is 1. The van der Waals surface area contributed by atoms with Gasteiger partial charge in [0.15, 0.2) is 5.78 Å². The third-order valence-electron chi connectivity index (χ3n) is 5.91. The molecule has 30 heavy (non-hydrogen) atoms. The number of ether oxygens (including phenoxy) is 1. The number of aryl methyl sites for hydroxylation is 1. The van der Waals surface area contributed by atoms with Gasteiger partial charge >= 0.3 is 0 Å². The van der Waals surface area contributed by atoms with Crippen LogP contribution in [0.2, 0.25) is 0 Å². The van der Waals surface area contributed by atoms with Crippen LogP contribution in [0.25, 0.3) is 0 Å². The minimum atomic E-state index is -0.0321. The lowest BCUT2D eigenvalue weighted by atomic mass is 9.88. The molecule has 0 amide bonds. The van der Waals surface area contributed by atoms with Gasteiger partial charge in [-0.25, -0.2) is 0 Å². The highest BCUT2D eigenvalue weighted by Gasteiger charge is 2.27. The summed E-state index contributed by atoms with van der Waals surface area (Å²) in [6, 6.07) is 28.3. The van der Waals surface area contributed by atoms with Crippen molar-refractivity contribution in [1.29, 1.82) is 0 Å². The van der Waals surface area contributed by atoms with E-state index in [0.717, 1.165) is 43.8 Å². The van der Waals surface area contributed by atoms with E-state index in [-0.39, 0.29) is 17.8 Å². The van der Waals surface area contributed by atoms with E-state index in [0.29, 0.717) is 0 Å². The van der Waals surface area contributed by atoms with E-state index in [4.69, 9.17) is 4.74 Å². The van der Waals surface area contributed by atoms with Gasteiger partial charge in [0.2, 0.25) is 0 Å². The first-order valence-electron chi connectivity index (χ1n) is 10.8. The van der Waals surface area contributed by atoms with Crippen molar-refractivity contribution in [3.63, 3.8) is 0 Å². The van der Waals surface area contributed by atoms with Gasteiger partial charge in [0, 0.05) is 18.0 Å². The van der Waals surface area contributed by atoms with Crippen molar-refractivity contribution in [3.8, 4) is 5.75 Å². The highest BCUT2D eigenvalue weighted by molar-refractivity contribution is 5.97. The number of carbonyl (C=O) groups excluding carboxylic acids is 1. The average Bonchev–Trinajstić information content (AvgIpc) is 2.81. The van der Waals surface area contributed by atoms with Gasteiger partial charge in [-0.3, -0.25) is 9.69 Å². The first kappa shape index (κ1) is 20.4. The van der Waals surface area contributed by atoms with E-state index in [2.05, 4.69) is 48.2 Å². The lowest BCUT2D eigenvalue weighted by Crippen LogP contribution is -2.39. The van der Waals surface area contributed by atoms with Crippen LogP contribution in [0.1, 0.15) is 40.4 Å². The molecule has 0 radical (unpaired) electrons. The Morgan fingerprint density at radius 1 is 0.900 bits per heavy atom. The second kappa shape index (κ2) is 9.73. The Balaban J connectivity index is 1.40. The molecule has 1 saturated heterocycles. The number of ketones is 1. The van der Waals surface area contributed by atoms with Gasteiger partial charge in [0.1, 0.15) is 11.9 Å². The second-order valence-corrected chi connectivity index (χ2v) is 8.14. The topological polar surface area (TPSA) is 29.5 Å². The van der Waals surface area contributed by atoms with Gasteiger partial charge in [-0.1, -0.05) is 78.4 Å². The molecule has 0 aromatic heterocycles. The molecular formula is C27H29NO2. The van der Waals surface area contributed by atoms with Gasteiger partial charge in [0.05, 0.1) is 0 Å². The van der Waals surface area contributed by atoms with Crippen molar-refractivity contribution < 1.29 is 9.53 Å². The molecule has 4 rings (SSSR count). The number of benzene rings is 3. The highest BCUT2D eigenvalue weighted by Crippen LogP contribution is 2.27. The Kier molecular flexibility index (Phi) is 6.60. The Morgan fingerprint density at radius 3 is 2.13 bits per heavy atom. The monoisotopic (exact) mass is 399 g/mol. The molecule has 1 heterocycles. The fourth-order valence-corrected chi connectivity index (χ4v) is 4.11. The zero-order valence-corrected chi connectivity index (χ0v) is 17.5. The molecule has 0 bridgehead atoms. The number of piperidine rings is 1. The molecule has 0 spiro atoms. The Hall–Kier alpha value is -2.91. The van der Waals surface area contributed by atoms with Crippen molar-refractivity contribution in [2.45, 2.75) is 25.9 Å². The maximum atomic E-state index is 12.8. The minimum absolute atomic E-state index is 0.0321. The van der Waals surface area contributed by atoms with Crippen LogP contribution in [0.15, 0.2) is 84.9 Å². The molecule has 3 aromatic carbocycles. The number of carbonyl (C=O) groups is 1. The first-order valence-corrected chi connectivity index (χ1v) is 10.8. The van der Waals surface area contributed by atoms with Crippen molar-refractivity contribution in [2.75, 3.05) is 19.6 Å². The normalized spacial score (nSPS) is 16.2. The molecule has 1 fully saturated rings. The van der Waals surface area contributed by atoms with Crippen molar-refractivity contribution in [2.24, 2.45) is 5.92 Å². The molecule has 0 aliphatic carbocycles. The molecule has 1 aliphatic heterocycles. The van der Waals surface area contributed by atoms with E-state index < -0.39 is 0 Å². The average molecular weight is 400 g/mol. The molecule has 3 aromatic rings. The second-order valence-electron chi connectivity index (χ2n) is 8.14. The zero-order chi connectivity index (χ0) is 20.8. The van der Waals surface area contributed by atoms with Gasteiger partial charge in [0.25, 0.3) is 0 Å². The van der Waals surface area contributed by atoms with E-state index >= 15 is 0 Å². The van der Waals surface area contributed by atoms with Gasteiger partial charge in [-0.05, 0) is 50.6 Å². The number of hydrogen-bond donors (Lipinski definition) is 0. The number of likely N-dealkylation sites (tertiary alicyclic amines) is 1. The van der Waals surface area contributed by atoms with Gasteiger partial charge < -0.3 is 4.74 Å². The molecule has 1 aliphatic rings. The summed E-state index contributed by atoms with van der Waals surface area (Å²) in [6.07, 6.45) is 1.77. The van der Waals surface area contributed by atoms with Crippen LogP contribution >= 0.6 is 0 Å². The SMILES string of the molecule is Cc1ccc(OC(CN2CCC(C(=O)c3ccccc3)CC2)c2ccccc2)cc1. The van der Waals surface area contributed by atoms with Gasteiger partial charge in [-0.15, -0.1) is 0 Å². The summed E-state index contributed by atoms with van der Waals surface area (Å²) in [7, 11) is 0. The predicted octanol–water partition coefficient (Wildman–Crippen LogP) is 5.71. The Labute approximate surface area is 179 Å². The smallest absolute Gasteiger partial charge is 0.166 e. The van der Waals surface area contributed by atoms with Crippen molar-refractivity contribution >= 4 is 5.78 Å². The number of Topliss-reactive ketones (excluding diaryl/α,β-unsaturated/α-hetero) is 1. The standard InChI is InChI=1S/C27H29NO2/c1-21-12-14-25(15-13-21)30-26(22-8-4-2-5-9-22)20-28-18-16-24(17-19-28)27(29)23-10-6-3-7-11-23/h2-15,24,26H,16-20H2,1H3. The number of hydrogen-bond acceptors (Lipinski definition) is 3. The molecule has 3 heteroatoms. The fraction of sp³-hybridized carbons (Fsp3) is 0.296. The molecule has 1 atom stereocenters. The molecular weight excluding hydrogens is 370 g/mol. The first-order chi connectivity index (χ1) is 14.7. The molecule has 1 unspecified atom stereocenters. The van der Waals surface area contributed by atoms with E-state index in [9.17, 15) is 4.79 Å².